The first kappa shape index (κ1) is 31.0. The summed E-state index contributed by atoms with van der Waals surface area (Å²) in [4.78, 5) is 37.4. The van der Waals surface area contributed by atoms with Crippen molar-refractivity contribution in [1.82, 2.24) is 10.2 Å². The van der Waals surface area contributed by atoms with E-state index in [0.717, 1.165) is 0 Å². The van der Waals surface area contributed by atoms with Crippen molar-refractivity contribution in [2.75, 3.05) is 12.1 Å². The van der Waals surface area contributed by atoms with Crippen LogP contribution in [0.15, 0.2) is 54.6 Å². The minimum Gasteiger partial charge on any atom is -0.466 e. The monoisotopic (exact) mass is 549 g/mol. The highest BCUT2D eigenvalue weighted by atomic mass is 31.2. The molecule has 0 aromatic heterocycles. The number of para-hydroxylation sites is 2. The minimum atomic E-state index is -4.08. The number of ether oxygens (including phenoxy) is 3. The SMILES string of the molecule is CC(C)OC(=O)[C@H](C)NP(=O)(N[C@@H](C)C(=O)OC(C)C)OCOc1ccccc1C(=O)Nc1ccccc1. The molecule has 0 bridgehead atoms. The molecular formula is C26H36N3O8P. The summed E-state index contributed by atoms with van der Waals surface area (Å²) in [6.07, 6.45) is -0.774. The molecular weight excluding hydrogens is 513 g/mol. The highest BCUT2D eigenvalue weighted by Crippen LogP contribution is 2.39. The summed E-state index contributed by atoms with van der Waals surface area (Å²) in [5.41, 5.74) is 0.824. The van der Waals surface area contributed by atoms with E-state index in [-0.39, 0.29) is 23.5 Å². The highest BCUT2D eigenvalue weighted by Gasteiger charge is 2.34. The molecule has 2 rings (SSSR count). The van der Waals surface area contributed by atoms with Crippen molar-refractivity contribution >= 4 is 31.2 Å². The second kappa shape index (κ2) is 14.6. The highest BCUT2D eigenvalue weighted by molar-refractivity contribution is 7.54. The van der Waals surface area contributed by atoms with E-state index in [0.29, 0.717) is 5.69 Å². The second-order valence-electron chi connectivity index (χ2n) is 8.93. The number of hydrogen-bond acceptors (Lipinski definition) is 8. The van der Waals surface area contributed by atoms with Gasteiger partial charge in [-0.2, -0.15) is 0 Å². The normalized spacial score (nSPS) is 13.1. The molecule has 0 saturated heterocycles. The Hall–Kier alpha value is -3.24. The third kappa shape index (κ3) is 10.3. The van der Waals surface area contributed by atoms with Gasteiger partial charge in [-0.25, -0.2) is 10.2 Å². The lowest BCUT2D eigenvalue weighted by atomic mass is 10.2. The molecule has 12 heteroatoms. The lowest BCUT2D eigenvalue weighted by Gasteiger charge is -2.26. The van der Waals surface area contributed by atoms with Gasteiger partial charge < -0.3 is 19.5 Å². The van der Waals surface area contributed by atoms with Gasteiger partial charge in [-0.05, 0) is 65.8 Å². The van der Waals surface area contributed by atoms with Crippen LogP contribution in [0.25, 0.3) is 0 Å². The first-order chi connectivity index (χ1) is 17.9. The van der Waals surface area contributed by atoms with Crippen LogP contribution >= 0.6 is 7.67 Å². The molecule has 38 heavy (non-hydrogen) atoms. The van der Waals surface area contributed by atoms with Crippen molar-refractivity contribution in [2.24, 2.45) is 0 Å². The van der Waals surface area contributed by atoms with Gasteiger partial charge in [0, 0.05) is 5.69 Å². The molecule has 0 fully saturated rings. The minimum absolute atomic E-state index is 0.173. The van der Waals surface area contributed by atoms with Crippen molar-refractivity contribution in [1.29, 1.82) is 0 Å². The van der Waals surface area contributed by atoms with E-state index in [4.69, 9.17) is 18.7 Å². The lowest BCUT2D eigenvalue weighted by Crippen LogP contribution is -2.43. The van der Waals surface area contributed by atoms with Crippen LogP contribution in [0.4, 0.5) is 5.69 Å². The van der Waals surface area contributed by atoms with Gasteiger partial charge in [-0.15, -0.1) is 0 Å². The van der Waals surface area contributed by atoms with Gasteiger partial charge in [0.2, 0.25) is 0 Å². The van der Waals surface area contributed by atoms with Gasteiger partial charge in [-0.1, -0.05) is 30.3 Å². The summed E-state index contributed by atoms with van der Waals surface area (Å²) in [5, 5.41) is 7.92. The van der Waals surface area contributed by atoms with E-state index >= 15 is 0 Å². The molecule has 2 aromatic rings. The summed E-state index contributed by atoms with van der Waals surface area (Å²) in [7, 11) is -4.08. The van der Waals surface area contributed by atoms with Crippen LogP contribution in [0, 0.1) is 0 Å². The van der Waals surface area contributed by atoms with Crippen molar-refractivity contribution in [3.05, 3.63) is 60.2 Å². The fraction of sp³-hybridized carbons (Fsp3) is 0.423. The van der Waals surface area contributed by atoms with E-state index < -0.39 is 44.4 Å². The maximum atomic E-state index is 13.6. The first-order valence-corrected chi connectivity index (χ1v) is 13.8. The number of carbonyl (C=O) groups excluding carboxylic acids is 3. The Labute approximate surface area is 223 Å². The zero-order valence-corrected chi connectivity index (χ0v) is 23.3. The molecule has 0 unspecified atom stereocenters. The Morgan fingerprint density at radius 3 is 1.79 bits per heavy atom. The van der Waals surface area contributed by atoms with E-state index in [9.17, 15) is 18.9 Å². The standard InChI is InChI=1S/C26H36N3O8P/c1-17(2)36-25(31)19(5)28-38(33,29-20(6)26(32)37-18(3)4)35-16-34-23-15-11-10-14-22(23)24(30)27-21-12-8-7-9-13-21/h7-15,17-20H,16H2,1-6H3,(H,27,30)(H2,28,29,33)/t19-,20-/m0/s1. The molecule has 0 spiro atoms. The number of amides is 1. The van der Waals surface area contributed by atoms with Crippen LogP contribution in [-0.4, -0.2) is 48.9 Å². The van der Waals surface area contributed by atoms with Gasteiger partial charge in [0.1, 0.15) is 17.8 Å². The summed E-state index contributed by atoms with van der Waals surface area (Å²) in [6, 6.07) is 13.3. The van der Waals surface area contributed by atoms with E-state index in [2.05, 4.69) is 15.5 Å². The molecule has 0 saturated carbocycles. The van der Waals surface area contributed by atoms with E-state index in [1.165, 1.54) is 13.8 Å². The number of carbonyl (C=O) groups is 3. The fourth-order valence-corrected chi connectivity index (χ4v) is 4.72. The van der Waals surface area contributed by atoms with E-state index in [1.54, 1.807) is 76.2 Å². The summed E-state index contributed by atoms with van der Waals surface area (Å²) in [6.45, 7) is 9.05. The maximum absolute atomic E-state index is 13.6. The molecule has 11 nitrogen and oxygen atoms in total. The van der Waals surface area contributed by atoms with Crippen LogP contribution < -0.4 is 20.2 Å². The number of benzene rings is 2. The van der Waals surface area contributed by atoms with Crippen molar-refractivity contribution in [2.45, 2.75) is 65.8 Å². The largest absolute Gasteiger partial charge is 0.466 e. The van der Waals surface area contributed by atoms with Gasteiger partial charge in [0.05, 0.1) is 17.8 Å². The van der Waals surface area contributed by atoms with Crippen molar-refractivity contribution in [3.8, 4) is 5.75 Å². The molecule has 0 aliphatic heterocycles. The van der Waals surface area contributed by atoms with Gasteiger partial charge >= 0.3 is 19.6 Å². The molecule has 1 amide bonds. The molecule has 2 atom stereocenters. The maximum Gasteiger partial charge on any atom is 0.345 e. The Morgan fingerprint density at radius 2 is 1.26 bits per heavy atom. The fourth-order valence-electron chi connectivity index (χ4n) is 3.06. The second-order valence-corrected chi connectivity index (χ2v) is 10.8. The van der Waals surface area contributed by atoms with Crippen LogP contribution in [0.3, 0.4) is 0 Å². The third-order valence-corrected chi connectivity index (χ3v) is 6.67. The van der Waals surface area contributed by atoms with Crippen molar-refractivity contribution < 1.29 is 37.7 Å². The van der Waals surface area contributed by atoms with Crippen LogP contribution in [0.1, 0.15) is 51.9 Å². The Balaban J connectivity index is 2.14. The molecule has 0 aliphatic rings. The Kier molecular flexibility index (Phi) is 11.9. The van der Waals surface area contributed by atoms with Crippen LogP contribution in [0.5, 0.6) is 5.75 Å². The van der Waals surface area contributed by atoms with Crippen LogP contribution in [-0.2, 0) is 28.2 Å². The number of nitrogens with one attached hydrogen (secondary N) is 3. The number of esters is 2. The van der Waals surface area contributed by atoms with Crippen LogP contribution in [0.2, 0.25) is 0 Å². The quantitative estimate of drug-likeness (QED) is 0.178. The number of hydrogen-bond donors (Lipinski definition) is 3. The molecule has 2 aromatic carbocycles. The van der Waals surface area contributed by atoms with Gasteiger partial charge in [0.15, 0.2) is 6.79 Å². The molecule has 3 N–H and O–H groups in total. The predicted octanol–water partition coefficient (Wildman–Crippen LogP) is 4.26. The summed E-state index contributed by atoms with van der Waals surface area (Å²) < 4.78 is 35.1. The van der Waals surface area contributed by atoms with Gasteiger partial charge in [-0.3, -0.25) is 23.5 Å². The molecule has 0 heterocycles. The van der Waals surface area contributed by atoms with Crippen molar-refractivity contribution in [3.63, 3.8) is 0 Å². The number of anilines is 1. The Morgan fingerprint density at radius 1 is 0.763 bits per heavy atom. The molecule has 208 valence electrons. The first-order valence-electron chi connectivity index (χ1n) is 12.2. The molecule has 0 radical (unpaired) electrons. The zero-order valence-electron chi connectivity index (χ0n) is 22.4. The molecule has 0 aliphatic carbocycles. The van der Waals surface area contributed by atoms with E-state index in [1.807, 2.05) is 6.07 Å². The topological polar surface area (TPSA) is 141 Å². The summed E-state index contributed by atoms with van der Waals surface area (Å²) in [5.74, 6) is -1.56. The lowest BCUT2D eigenvalue weighted by molar-refractivity contribution is -0.149. The smallest absolute Gasteiger partial charge is 0.345 e. The van der Waals surface area contributed by atoms with Gasteiger partial charge in [0.25, 0.3) is 5.91 Å². The average molecular weight is 550 g/mol. The predicted molar refractivity (Wildman–Crippen MR) is 143 cm³/mol. The number of rotatable bonds is 14. The summed E-state index contributed by atoms with van der Waals surface area (Å²) >= 11 is 0. The zero-order chi connectivity index (χ0) is 28.3. The average Bonchev–Trinajstić information content (AvgIpc) is 2.84. The third-order valence-electron chi connectivity index (χ3n) is 4.75. The Bertz CT molecular complexity index is 1090.